The van der Waals surface area contributed by atoms with Crippen molar-refractivity contribution in [1.82, 2.24) is 4.98 Å². The molecule has 2 aromatic rings. The molecule has 0 spiro atoms. The molecule has 0 fully saturated rings. The van der Waals surface area contributed by atoms with Crippen LogP contribution in [0.5, 0.6) is 5.75 Å². The maximum Gasteiger partial charge on any atom is 0.387 e. The van der Waals surface area contributed by atoms with E-state index in [0.717, 1.165) is 0 Å². The van der Waals surface area contributed by atoms with Gasteiger partial charge < -0.3 is 15.5 Å². The normalized spacial score (nSPS) is 10.9. The first-order chi connectivity index (χ1) is 7.58. The molecule has 0 saturated carbocycles. The number of rotatable bonds is 3. The number of H-pyrrole nitrogens is 1. The Labute approximate surface area is 89.0 Å². The van der Waals surface area contributed by atoms with E-state index in [1.807, 2.05) is 0 Å². The predicted octanol–water partition coefficient (Wildman–Crippen LogP) is 1.87. The molecule has 1 aromatic heterocycles. The van der Waals surface area contributed by atoms with Crippen molar-refractivity contribution >= 4 is 16.8 Å². The number of amides is 1. The molecule has 1 heterocycles. The minimum absolute atomic E-state index is 0.0104. The van der Waals surface area contributed by atoms with Crippen LogP contribution in [-0.2, 0) is 0 Å². The lowest BCUT2D eigenvalue weighted by atomic mass is 10.2. The fourth-order valence-corrected chi connectivity index (χ4v) is 1.46. The molecule has 6 heteroatoms. The van der Waals surface area contributed by atoms with Crippen LogP contribution in [-0.4, -0.2) is 17.5 Å². The number of hydrogen-bond donors (Lipinski definition) is 2. The van der Waals surface area contributed by atoms with E-state index in [4.69, 9.17) is 5.73 Å². The first kappa shape index (κ1) is 10.4. The third kappa shape index (κ3) is 1.81. The number of fused-ring (bicyclic) bond motifs is 1. The van der Waals surface area contributed by atoms with Crippen molar-refractivity contribution < 1.29 is 18.3 Å². The molecule has 84 valence electrons. The summed E-state index contributed by atoms with van der Waals surface area (Å²) >= 11 is 0. The first-order valence-corrected chi connectivity index (χ1v) is 4.44. The molecule has 1 amide bonds. The monoisotopic (exact) mass is 226 g/mol. The van der Waals surface area contributed by atoms with Gasteiger partial charge in [-0.25, -0.2) is 0 Å². The van der Waals surface area contributed by atoms with Crippen LogP contribution in [0, 0.1) is 0 Å². The fourth-order valence-electron chi connectivity index (χ4n) is 1.46. The number of primary amides is 1. The molecular weight excluding hydrogens is 218 g/mol. The zero-order valence-electron chi connectivity index (χ0n) is 8.04. The second-order valence-electron chi connectivity index (χ2n) is 3.14. The van der Waals surface area contributed by atoms with E-state index in [-0.39, 0.29) is 11.4 Å². The molecule has 0 aliphatic rings. The van der Waals surface area contributed by atoms with Crippen LogP contribution in [0.2, 0.25) is 0 Å². The Morgan fingerprint density at radius 2 is 2.19 bits per heavy atom. The molecule has 0 atom stereocenters. The Balaban J connectivity index is 2.54. The number of benzene rings is 1. The highest BCUT2D eigenvalue weighted by Gasteiger charge is 2.12. The van der Waals surface area contributed by atoms with Gasteiger partial charge in [0.05, 0.1) is 0 Å². The molecule has 4 nitrogen and oxygen atoms in total. The van der Waals surface area contributed by atoms with Crippen molar-refractivity contribution in [2.45, 2.75) is 6.61 Å². The number of nitrogens with one attached hydrogen (secondary N) is 1. The Hall–Kier alpha value is -2.11. The van der Waals surface area contributed by atoms with E-state index in [1.165, 1.54) is 12.1 Å². The lowest BCUT2D eigenvalue weighted by Crippen LogP contribution is -2.10. The van der Waals surface area contributed by atoms with Gasteiger partial charge in [0.25, 0.3) is 5.91 Å². The summed E-state index contributed by atoms with van der Waals surface area (Å²) in [6, 6.07) is 5.96. The molecule has 16 heavy (non-hydrogen) atoms. The second-order valence-corrected chi connectivity index (χ2v) is 3.14. The van der Waals surface area contributed by atoms with E-state index in [2.05, 4.69) is 9.72 Å². The maximum atomic E-state index is 12.1. The number of carbonyl (C=O) groups is 1. The molecule has 0 unspecified atom stereocenters. The lowest BCUT2D eigenvalue weighted by molar-refractivity contribution is -0.0487. The van der Waals surface area contributed by atoms with E-state index >= 15 is 0 Å². The summed E-state index contributed by atoms with van der Waals surface area (Å²) in [5.41, 5.74) is 5.74. The van der Waals surface area contributed by atoms with Gasteiger partial charge in [0.2, 0.25) is 0 Å². The number of hydrogen-bond acceptors (Lipinski definition) is 2. The Morgan fingerprint density at radius 3 is 2.81 bits per heavy atom. The van der Waals surface area contributed by atoms with Crippen molar-refractivity contribution in [3.63, 3.8) is 0 Å². The highest BCUT2D eigenvalue weighted by Crippen LogP contribution is 2.27. The van der Waals surface area contributed by atoms with Crippen molar-refractivity contribution in [2.75, 3.05) is 0 Å². The Kier molecular flexibility index (Phi) is 2.47. The highest BCUT2D eigenvalue weighted by molar-refractivity contribution is 5.98. The van der Waals surface area contributed by atoms with E-state index in [1.54, 1.807) is 12.1 Å². The van der Waals surface area contributed by atoms with Crippen LogP contribution >= 0.6 is 0 Å². The molecule has 0 radical (unpaired) electrons. The summed E-state index contributed by atoms with van der Waals surface area (Å²) in [6.07, 6.45) is 0. The quantitative estimate of drug-likeness (QED) is 0.838. The predicted molar refractivity (Wildman–Crippen MR) is 53.4 cm³/mol. The lowest BCUT2D eigenvalue weighted by Gasteiger charge is -2.04. The van der Waals surface area contributed by atoms with Gasteiger partial charge in [-0.15, -0.1) is 0 Å². The van der Waals surface area contributed by atoms with Crippen LogP contribution in [0.25, 0.3) is 10.9 Å². The van der Waals surface area contributed by atoms with E-state index in [9.17, 15) is 13.6 Å². The number of carbonyl (C=O) groups excluding carboxylic acids is 1. The third-order valence-electron chi connectivity index (χ3n) is 2.11. The fraction of sp³-hybridized carbons (Fsp3) is 0.100. The van der Waals surface area contributed by atoms with Gasteiger partial charge in [-0.05, 0) is 18.2 Å². The molecule has 3 N–H and O–H groups in total. The van der Waals surface area contributed by atoms with Crippen LogP contribution < -0.4 is 10.5 Å². The molecule has 0 saturated heterocycles. The molecule has 2 rings (SSSR count). The topological polar surface area (TPSA) is 68.1 Å². The third-order valence-corrected chi connectivity index (χ3v) is 2.11. The molecule has 0 bridgehead atoms. The highest BCUT2D eigenvalue weighted by atomic mass is 19.3. The second kappa shape index (κ2) is 3.80. The molecule has 1 aromatic carbocycles. The van der Waals surface area contributed by atoms with Gasteiger partial charge in [-0.1, -0.05) is 6.07 Å². The number of ether oxygens (including phenoxy) is 1. The number of alkyl halides is 2. The van der Waals surface area contributed by atoms with Crippen molar-refractivity contribution in [3.05, 3.63) is 30.0 Å². The summed E-state index contributed by atoms with van der Waals surface area (Å²) in [5.74, 6) is -0.643. The summed E-state index contributed by atoms with van der Waals surface area (Å²) in [6.45, 7) is -2.91. The first-order valence-electron chi connectivity index (χ1n) is 4.44. The number of aromatic nitrogens is 1. The molecule has 0 aliphatic heterocycles. The van der Waals surface area contributed by atoms with Crippen molar-refractivity contribution in [1.29, 1.82) is 0 Å². The van der Waals surface area contributed by atoms with Gasteiger partial charge in [0, 0.05) is 10.9 Å². The van der Waals surface area contributed by atoms with Crippen LogP contribution in [0.4, 0.5) is 8.78 Å². The number of nitrogens with two attached hydrogens (primary N) is 1. The molecular formula is C10H8F2N2O2. The van der Waals surface area contributed by atoms with Crippen LogP contribution in [0.1, 0.15) is 10.5 Å². The van der Waals surface area contributed by atoms with Crippen LogP contribution in [0.3, 0.4) is 0 Å². The minimum Gasteiger partial charge on any atom is -0.434 e. The average Bonchev–Trinajstić information content (AvgIpc) is 2.61. The van der Waals surface area contributed by atoms with E-state index in [0.29, 0.717) is 10.9 Å². The Bertz CT molecular complexity index is 537. The number of halogens is 2. The largest absolute Gasteiger partial charge is 0.434 e. The average molecular weight is 226 g/mol. The standard InChI is InChI=1S/C10H8F2N2O2/c11-10(12)16-8-3-1-2-6-5(8)4-7(14-6)9(13)15/h1-4,10,14H,(H2,13,15). The summed E-state index contributed by atoms with van der Waals surface area (Å²) in [4.78, 5) is 13.6. The van der Waals surface area contributed by atoms with Gasteiger partial charge in [0.15, 0.2) is 0 Å². The number of aromatic amines is 1. The summed E-state index contributed by atoms with van der Waals surface area (Å²) in [7, 11) is 0. The van der Waals surface area contributed by atoms with Gasteiger partial charge in [-0.2, -0.15) is 8.78 Å². The van der Waals surface area contributed by atoms with Crippen LogP contribution in [0.15, 0.2) is 24.3 Å². The van der Waals surface area contributed by atoms with Crippen molar-refractivity contribution in [2.24, 2.45) is 5.73 Å². The summed E-state index contributed by atoms with van der Waals surface area (Å²) < 4.78 is 28.5. The zero-order valence-corrected chi connectivity index (χ0v) is 8.04. The summed E-state index contributed by atoms with van der Waals surface area (Å²) in [5, 5.41) is 0.400. The Morgan fingerprint density at radius 1 is 1.44 bits per heavy atom. The molecule has 0 aliphatic carbocycles. The smallest absolute Gasteiger partial charge is 0.387 e. The zero-order chi connectivity index (χ0) is 11.7. The van der Waals surface area contributed by atoms with Gasteiger partial charge >= 0.3 is 6.61 Å². The van der Waals surface area contributed by atoms with Crippen molar-refractivity contribution in [3.8, 4) is 5.75 Å². The van der Waals surface area contributed by atoms with Gasteiger partial charge in [-0.3, -0.25) is 4.79 Å². The minimum atomic E-state index is -2.91. The SMILES string of the molecule is NC(=O)c1cc2c(OC(F)F)cccc2[nH]1. The van der Waals surface area contributed by atoms with E-state index < -0.39 is 12.5 Å². The maximum absolute atomic E-state index is 12.1. The van der Waals surface area contributed by atoms with Gasteiger partial charge in [0.1, 0.15) is 11.4 Å².